The lowest BCUT2D eigenvalue weighted by Crippen LogP contribution is -2.16. The molecule has 0 amide bonds. The molecule has 26 heavy (non-hydrogen) atoms. The monoisotopic (exact) mass is 393 g/mol. The molecule has 1 aliphatic rings. The molecule has 4 rings (SSSR count). The number of H-pyrrole nitrogens is 1. The minimum atomic E-state index is -3.94. The lowest BCUT2D eigenvalue weighted by molar-refractivity contribution is 0.600. The number of benzene rings is 1. The molecule has 2 N–H and O–H groups in total. The Bertz CT molecular complexity index is 1130. The summed E-state index contributed by atoms with van der Waals surface area (Å²) in [6.07, 6.45) is 3.60. The van der Waals surface area contributed by atoms with Crippen LogP contribution in [0.5, 0.6) is 0 Å². The molecular weight excluding hydrogens is 377 g/mol. The first kappa shape index (κ1) is 17.0. The van der Waals surface area contributed by atoms with E-state index in [9.17, 15) is 17.6 Å². The van der Waals surface area contributed by atoms with Crippen molar-refractivity contribution in [3.05, 3.63) is 52.7 Å². The maximum atomic E-state index is 14.3. The first-order valence-electron chi connectivity index (χ1n) is 8.13. The molecule has 1 saturated heterocycles. The van der Waals surface area contributed by atoms with Gasteiger partial charge in [0.25, 0.3) is 15.6 Å². The number of anilines is 2. The van der Waals surface area contributed by atoms with Gasteiger partial charge in [0.1, 0.15) is 10.0 Å². The summed E-state index contributed by atoms with van der Waals surface area (Å²) >= 11 is 1.15. The average Bonchev–Trinajstić information content (AvgIpc) is 3.27. The van der Waals surface area contributed by atoms with Crippen LogP contribution in [-0.2, 0) is 10.0 Å². The molecule has 0 aliphatic carbocycles. The third-order valence-electron chi connectivity index (χ3n) is 4.36. The Balaban J connectivity index is 1.67. The molecule has 2 aromatic heterocycles. The third-order valence-corrected chi connectivity index (χ3v) is 7.36. The van der Waals surface area contributed by atoms with Crippen LogP contribution in [0.4, 0.5) is 15.1 Å². The second-order valence-electron chi connectivity index (χ2n) is 6.12. The normalized spacial score (nSPS) is 14.9. The Morgan fingerprint density at radius 3 is 2.69 bits per heavy atom. The molecule has 1 aromatic carbocycles. The van der Waals surface area contributed by atoms with E-state index in [2.05, 4.69) is 14.6 Å². The Hall–Kier alpha value is -2.39. The quantitative estimate of drug-likeness (QED) is 0.714. The molecule has 0 bridgehead atoms. The molecule has 0 spiro atoms. The summed E-state index contributed by atoms with van der Waals surface area (Å²) in [6, 6.07) is 7.21. The zero-order chi connectivity index (χ0) is 18.3. The van der Waals surface area contributed by atoms with Crippen molar-refractivity contribution < 1.29 is 12.8 Å². The van der Waals surface area contributed by atoms with Crippen LogP contribution in [-0.4, -0.2) is 26.5 Å². The summed E-state index contributed by atoms with van der Waals surface area (Å²) in [5, 5.41) is 1.51. The number of pyridine rings is 1. The zero-order valence-electron chi connectivity index (χ0n) is 13.7. The van der Waals surface area contributed by atoms with E-state index in [0.717, 1.165) is 48.3 Å². The first-order valence-corrected chi connectivity index (χ1v) is 10.4. The van der Waals surface area contributed by atoms with Gasteiger partial charge < -0.3 is 9.88 Å². The zero-order valence-corrected chi connectivity index (χ0v) is 15.3. The van der Waals surface area contributed by atoms with Crippen molar-refractivity contribution in [3.8, 4) is 0 Å². The predicted octanol–water partition coefficient (Wildman–Crippen LogP) is 3.13. The number of nitrogens with zero attached hydrogens (tertiary/aromatic N) is 1. The molecule has 0 unspecified atom stereocenters. The van der Waals surface area contributed by atoms with Gasteiger partial charge in [-0.25, -0.2) is 12.8 Å². The van der Waals surface area contributed by atoms with E-state index in [0.29, 0.717) is 5.39 Å². The molecule has 0 atom stereocenters. The fourth-order valence-corrected chi connectivity index (χ4v) is 5.45. The number of nitrogens with one attached hydrogen (secondary N) is 2. The highest BCUT2D eigenvalue weighted by Crippen LogP contribution is 2.33. The first-order chi connectivity index (χ1) is 12.4. The number of fused-ring (bicyclic) bond motifs is 1. The maximum Gasteiger partial charge on any atom is 0.271 e. The molecular formula is C17H16FN3O3S2. The number of halogens is 1. The number of sulfonamides is 1. The molecule has 0 saturated carbocycles. The topological polar surface area (TPSA) is 82.3 Å². The number of hydrogen-bond donors (Lipinski definition) is 2. The van der Waals surface area contributed by atoms with E-state index >= 15 is 0 Å². The number of hydrogen-bond acceptors (Lipinski definition) is 5. The van der Waals surface area contributed by atoms with Gasteiger partial charge in [0.2, 0.25) is 0 Å². The van der Waals surface area contributed by atoms with E-state index in [1.54, 1.807) is 12.1 Å². The van der Waals surface area contributed by atoms with Crippen molar-refractivity contribution in [2.45, 2.75) is 17.1 Å². The molecule has 9 heteroatoms. The Labute approximate surface area is 153 Å². The van der Waals surface area contributed by atoms with Crippen LogP contribution in [0, 0.1) is 5.82 Å². The number of thiophene rings is 1. The molecule has 3 heterocycles. The SMILES string of the molecule is O=c1[nH]ccc2cc(F)c(NS(=O)(=O)c3ccc(N4CCCC4)s3)cc12. The highest BCUT2D eigenvalue weighted by Gasteiger charge is 2.22. The molecule has 1 fully saturated rings. The molecule has 6 nitrogen and oxygen atoms in total. The van der Waals surface area contributed by atoms with Crippen molar-refractivity contribution in [1.82, 2.24) is 4.98 Å². The number of aromatic nitrogens is 1. The van der Waals surface area contributed by atoms with Gasteiger partial charge in [-0.05, 0) is 48.6 Å². The van der Waals surface area contributed by atoms with Crippen molar-refractivity contribution in [2.75, 3.05) is 22.7 Å². The smallest absolute Gasteiger partial charge is 0.271 e. The van der Waals surface area contributed by atoms with Gasteiger partial charge in [-0.2, -0.15) is 0 Å². The summed E-state index contributed by atoms with van der Waals surface area (Å²) in [7, 11) is -3.94. The van der Waals surface area contributed by atoms with E-state index < -0.39 is 21.4 Å². The minimum Gasteiger partial charge on any atom is -0.363 e. The Kier molecular flexibility index (Phi) is 4.20. The standard InChI is InChI=1S/C17H16FN3O3S2/c18-13-9-11-5-6-19-17(22)12(11)10-14(13)20-26(23,24)16-4-3-15(25-16)21-7-1-2-8-21/h3-6,9-10,20H,1-2,7-8H2,(H,19,22). The van der Waals surface area contributed by atoms with Gasteiger partial charge >= 0.3 is 0 Å². The van der Waals surface area contributed by atoms with Crippen molar-refractivity contribution >= 4 is 42.8 Å². The lowest BCUT2D eigenvalue weighted by Gasteiger charge is -2.14. The fourth-order valence-electron chi connectivity index (χ4n) is 3.04. The Morgan fingerprint density at radius 2 is 1.92 bits per heavy atom. The van der Waals surface area contributed by atoms with Gasteiger partial charge in [-0.1, -0.05) is 0 Å². The van der Waals surface area contributed by atoms with Crippen LogP contribution >= 0.6 is 11.3 Å². The second-order valence-corrected chi connectivity index (χ2v) is 9.09. The molecule has 1 aliphatic heterocycles. The summed E-state index contributed by atoms with van der Waals surface area (Å²) in [6.45, 7) is 1.82. The van der Waals surface area contributed by atoms with Crippen LogP contribution in [0.1, 0.15) is 12.8 Å². The molecule has 136 valence electrons. The highest BCUT2D eigenvalue weighted by atomic mass is 32.2. The van der Waals surface area contributed by atoms with Crippen molar-refractivity contribution in [2.24, 2.45) is 0 Å². The number of aromatic amines is 1. The van der Waals surface area contributed by atoms with Crippen LogP contribution in [0.25, 0.3) is 10.8 Å². The van der Waals surface area contributed by atoms with Crippen LogP contribution in [0.15, 0.2) is 45.5 Å². The summed E-state index contributed by atoms with van der Waals surface area (Å²) in [5.41, 5.74) is -0.652. The Morgan fingerprint density at radius 1 is 1.15 bits per heavy atom. The van der Waals surface area contributed by atoms with Crippen molar-refractivity contribution in [1.29, 1.82) is 0 Å². The van der Waals surface area contributed by atoms with Crippen molar-refractivity contribution in [3.63, 3.8) is 0 Å². The van der Waals surface area contributed by atoms with E-state index in [1.165, 1.54) is 18.3 Å². The van der Waals surface area contributed by atoms with Crippen LogP contribution in [0.3, 0.4) is 0 Å². The molecule has 0 radical (unpaired) electrons. The summed E-state index contributed by atoms with van der Waals surface area (Å²) in [5.74, 6) is -0.733. The average molecular weight is 393 g/mol. The van der Waals surface area contributed by atoms with E-state index in [1.807, 2.05) is 0 Å². The lowest BCUT2D eigenvalue weighted by atomic mass is 10.1. The third kappa shape index (κ3) is 3.08. The van der Waals surface area contributed by atoms with Crippen LogP contribution in [0.2, 0.25) is 0 Å². The van der Waals surface area contributed by atoms with Gasteiger partial charge in [-0.3, -0.25) is 9.52 Å². The second kappa shape index (κ2) is 6.40. The van der Waals surface area contributed by atoms with Gasteiger partial charge in [0.05, 0.1) is 10.7 Å². The molecule has 3 aromatic rings. The summed E-state index contributed by atoms with van der Waals surface area (Å²) in [4.78, 5) is 16.5. The minimum absolute atomic E-state index is 0.112. The van der Waals surface area contributed by atoms with Gasteiger partial charge in [0.15, 0.2) is 0 Å². The van der Waals surface area contributed by atoms with Gasteiger partial charge in [-0.15, -0.1) is 11.3 Å². The van der Waals surface area contributed by atoms with E-state index in [-0.39, 0.29) is 15.3 Å². The van der Waals surface area contributed by atoms with Crippen LogP contribution < -0.4 is 15.2 Å². The predicted molar refractivity (Wildman–Crippen MR) is 101 cm³/mol. The number of rotatable bonds is 4. The van der Waals surface area contributed by atoms with E-state index in [4.69, 9.17) is 0 Å². The van der Waals surface area contributed by atoms with Gasteiger partial charge in [0, 0.05) is 24.7 Å². The fraction of sp³-hybridized carbons (Fsp3) is 0.235. The highest BCUT2D eigenvalue weighted by molar-refractivity contribution is 7.94. The largest absolute Gasteiger partial charge is 0.363 e. The summed E-state index contributed by atoms with van der Waals surface area (Å²) < 4.78 is 41.9. The maximum absolute atomic E-state index is 14.3.